The Balaban J connectivity index is 2.34. The van der Waals surface area contributed by atoms with E-state index in [1.54, 1.807) is 27.0 Å². The second kappa shape index (κ2) is 12.1. The molecule has 1 amide bonds. The summed E-state index contributed by atoms with van der Waals surface area (Å²) in [6.07, 6.45) is 0.941. The molecule has 0 radical (unpaired) electrons. The zero-order valence-corrected chi connectivity index (χ0v) is 20.5. The Hall–Kier alpha value is -2.55. The fourth-order valence-corrected chi connectivity index (χ4v) is 3.62. The molecular weight excluding hydrogens is 422 g/mol. The van der Waals surface area contributed by atoms with Gasteiger partial charge in [0.05, 0.1) is 24.0 Å². The second-order valence-corrected chi connectivity index (χ2v) is 8.94. The van der Waals surface area contributed by atoms with Gasteiger partial charge in [-0.05, 0) is 40.7 Å². The zero-order valence-electron chi connectivity index (χ0n) is 20.5. The molecule has 0 bridgehead atoms. The van der Waals surface area contributed by atoms with Gasteiger partial charge in [-0.3, -0.25) is 14.6 Å². The van der Waals surface area contributed by atoms with Crippen molar-refractivity contribution < 1.29 is 23.8 Å². The highest BCUT2D eigenvalue weighted by Crippen LogP contribution is 2.31. The Morgan fingerprint density at radius 2 is 1.73 bits per heavy atom. The van der Waals surface area contributed by atoms with Gasteiger partial charge in [0.15, 0.2) is 6.29 Å². The lowest BCUT2D eigenvalue weighted by Crippen LogP contribution is -2.47. The minimum Gasteiger partial charge on any atom is -0.460 e. The van der Waals surface area contributed by atoms with Crippen LogP contribution in [0.2, 0.25) is 0 Å². The van der Waals surface area contributed by atoms with Crippen LogP contribution >= 0.6 is 0 Å². The zero-order chi connectivity index (χ0) is 24.6. The predicted octanol–water partition coefficient (Wildman–Crippen LogP) is 3.49. The molecule has 1 aromatic carbocycles. The van der Waals surface area contributed by atoms with E-state index in [4.69, 9.17) is 19.9 Å². The molecule has 2 rings (SSSR count). The number of rotatable bonds is 11. The molecule has 0 aliphatic heterocycles. The molecule has 0 saturated carbocycles. The number of esters is 1. The summed E-state index contributed by atoms with van der Waals surface area (Å²) in [6, 6.07) is 8.06. The van der Waals surface area contributed by atoms with Crippen LogP contribution in [-0.4, -0.2) is 48.0 Å². The number of carbonyl (C=O) groups excluding carboxylic acids is 2. The number of pyridine rings is 1. The second-order valence-electron chi connectivity index (χ2n) is 8.94. The molecule has 0 spiro atoms. The molecular formula is C25H37N3O5. The van der Waals surface area contributed by atoms with Gasteiger partial charge in [0, 0.05) is 36.3 Å². The Bertz CT molecular complexity index is 916. The maximum absolute atomic E-state index is 13.1. The van der Waals surface area contributed by atoms with Gasteiger partial charge < -0.3 is 25.3 Å². The van der Waals surface area contributed by atoms with Crippen LogP contribution in [0.3, 0.4) is 0 Å². The molecule has 3 atom stereocenters. The number of amides is 1. The van der Waals surface area contributed by atoms with E-state index in [-0.39, 0.29) is 12.3 Å². The summed E-state index contributed by atoms with van der Waals surface area (Å²) in [5.41, 5.74) is 7.02. The summed E-state index contributed by atoms with van der Waals surface area (Å²) in [7, 11) is 0. The maximum Gasteiger partial charge on any atom is 0.308 e. The summed E-state index contributed by atoms with van der Waals surface area (Å²) >= 11 is 0. The predicted molar refractivity (Wildman–Crippen MR) is 127 cm³/mol. The highest BCUT2D eigenvalue weighted by molar-refractivity contribution is 5.88. The molecule has 2 aromatic rings. The monoisotopic (exact) mass is 459 g/mol. The summed E-state index contributed by atoms with van der Waals surface area (Å²) in [4.78, 5) is 29.8. The van der Waals surface area contributed by atoms with Crippen LogP contribution in [0.5, 0.6) is 0 Å². The van der Waals surface area contributed by atoms with E-state index >= 15 is 0 Å². The number of ether oxygens (including phenoxy) is 3. The molecule has 8 nitrogen and oxygen atoms in total. The van der Waals surface area contributed by atoms with Crippen molar-refractivity contribution in [2.75, 3.05) is 13.2 Å². The normalized spacial score (nSPS) is 14.7. The highest BCUT2D eigenvalue weighted by Gasteiger charge is 2.33. The summed E-state index contributed by atoms with van der Waals surface area (Å²) < 4.78 is 16.9. The van der Waals surface area contributed by atoms with Crippen molar-refractivity contribution in [2.24, 2.45) is 11.7 Å². The SMILES string of the molecule is CCOC(OCC)[C@@H](C)[C@H](NC(=O)C(N)CC(=O)OC(C)(C)C)c1cccc2cccnc12. The molecule has 1 aromatic heterocycles. The van der Waals surface area contributed by atoms with Crippen LogP contribution in [0.4, 0.5) is 0 Å². The van der Waals surface area contributed by atoms with Gasteiger partial charge in [-0.1, -0.05) is 31.2 Å². The van der Waals surface area contributed by atoms with Gasteiger partial charge in [0.25, 0.3) is 0 Å². The number of nitrogens with two attached hydrogens (primary N) is 1. The number of fused-ring (bicyclic) bond motifs is 1. The minimum absolute atomic E-state index is 0.224. The summed E-state index contributed by atoms with van der Waals surface area (Å²) in [5, 5.41) is 3.97. The Labute approximate surface area is 196 Å². The topological polar surface area (TPSA) is 113 Å². The summed E-state index contributed by atoms with van der Waals surface area (Å²) in [6.45, 7) is 12.0. The lowest BCUT2D eigenvalue weighted by Gasteiger charge is -2.32. The van der Waals surface area contributed by atoms with Crippen LogP contribution in [0.15, 0.2) is 36.5 Å². The number of aromatic nitrogens is 1. The van der Waals surface area contributed by atoms with Gasteiger partial charge in [-0.2, -0.15) is 0 Å². The van der Waals surface area contributed by atoms with Gasteiger partial charge in [0.1, 0.15) is 5.60 Å². The number of para-hydroxylation sites is 1. The lowest BCUT2D eigenvalue weighted by atomic mass is 9.91. The van der Waals surface area contributed by atoms with Crippen molar-refractivity contribution in [1.29, 1.82) is 0 Å². The van der Waals surface area contributed by atoms with Crippen molar-refractivity contribution in [1.82, 2.24) is 10.3 Å². The number of carbonyl (C=O) groups is 2. The van der Waals surface area contributed by atoms with E-state index in [1.165, 1.54) is 0 Å². The Morgan fingerprint density at radius 3 is 2.33 bits per heavy atom. The van der Waals surface area contributed by atoms with Crippen molar-refractivity contribution in [2.45, 2.75) is 71.9 Å². The third-order valence-corrected chi connectivity index (χ3v) is 5.06. The number of benzene rings is 1. The first kappa shape index (κ1) is 26.7. The number of hydrogen-bond acceptors (Lipinski definition) is 7. The number of nitrogens with zero attached hydrogens (tertiary/aromatic N) is 1. The van der Waals surface area contributed by atoms with Crippen LogP contribution in [0.25, 0.3) is 10.9 Å². The first-order valence-corrected chi connectivity index (χ1v) is 11.4. The fourth-order valence-electron chi connectivity index (χ4n) is 3.62. The summed E-state index contributed by atoms with van der Waals surface area (Å²) in [5.74, 6) is -1.25. The van der Waals surface area contributed by atoms with Gasteiger partial charge in [-0.15, -0.1) is 0 Å². The molecule has 0 fully saturated rings. The van der Waals surface area contributed by atoms with Crippen LogP contribution in [-0.2, 0) is 23.8 Å². The third-order valence-electron chi connectivity index (χ3n) is 5.06. The minimum atomic E-state index is -1.06. The Kier molecular flexibility index (Phi) is 9.76. The molecule has 3 N–H and O–H groups in total. The largest absolute Gasteiger partial charge is 0.460 e. The van der Waals surface area contributed by atoms with Crippen LogP contribution in [0, 0.1) is 5.92 Å². The van der Waals surface area contributed by atoms with Crippen LogP contribution in [0.1, 0.15) is 59.6 Å². The maximum atomic E-state index is 13.1. The first-order chi connectivity index (χ1) is 15.6. The molecule has 1 unspecified atom stereocenters. The third kappa shape index (κ3) is 7.77. The van der Waals surface area contributed by atoms with E-state index < -0.39 is 35.9 Å². The molecule has 182 valence electrons. The highest BCUT2D eigenvalue weighted by atomic mass is 16.7. The first-order valence-electron chi connectivity index (χ1n) is 11.4. The van der Waals surface area contributed by atoms with Gasteiger partial charge in [-0.25, -0.2) is 0 Å². The average Bonchev–Trinajstić information content (AvgIpc) is 2.75. The van der Waals surface area contributed by atoms with Crippen molar-refractivity contribution in [3.05, 3.63) is 42.1 Å². The van der Waals surface area contributed by atoms with E-state index in [2.05, 4.69) is 10.3 Å². The standard InChI is InChI=1S/C25H37N3O5/c1-7-31-24(32-8-2)16(3)21(18-13-9-11-17-12-10-14-27-22(17)18)28-23(30)19(26)15-20(29)33-25(4,5)6/h9-14,16,19,21,24H,7-8,15,26H2,1-6H3,(H,28,30)/t16-,19?,21-/m0/s1. The van der Waals surface area contributed by atoms with Gasteiger partial charge >= 0.3 is 5.97 Å². The molecule has 0 saturated heterocycles. The quantitative estimate of drug-likeness (QED) is 0.391. The lowest BCUT2D eigenvalue weighted by molar-refractivity contribution is -0.170. The van der Waals surface area contributed by atoms with Crippen LogP contribution < -0.4 is 11.1 Å². The van der Waals surface area contributed by atoms with Gasteiger partial charge in [0.2, 0.25) is 5.91 Å². The van der Waals surface area contributed by atoms with Crippen molar-refractivity contribution in [3.63, 3.8) is 0 Å². The molecule has 8 heteroatoms. The Morgan fingerprint density at radius 1 is 1.09 bits per heavy atom. The fraction of sp³-hybridized carbons (Fsp3) is 0.560. The average molecular weight is 460 g/mol. The van der Waals surface area contributed by atoms with E-state index in [1.807, 2.05) is 51.1 Å². The smallest absolute Gasteiger partial charge is 0.308 e. The number of nitrogens with one attached hydrogen (secondary N) is 1. The van der Waals surface area contributed by atoms with E-state index in [9.17, 15) is 9.59 Å². The number of hydrogen-bond donors (Lipinski definition) is 2. The molecule has 33 heavy (non-hydrogen) atoms. The van der Waals surface area contributed by atoms with Crippen molar-refractivity contribution >= 4 is 22.8 Å². The molecule has 1 heterocycles. The van der Waals surface area contributed by atoms with E-state index in [0.717, 1.165) is 16.5 Å². The van der Waals surface area contributed by atoms with Crippen molar-refractivity contribution in [3.8, 4) is 0 Å². The molecule has 0 aliphatic rings. The molecule has 0 aliphatic carbocycles. The van der Waals surface area contributed by atoms with E-state index in [0.29, 0.717) is 13.2 Å².